The molecular formula is C22H24N2O4. The highest BCUT2D eigenvalue weighted by Crippen LogP contribution is 2.68. The Balaban J connectivity index is 1.62. The van der Waals surface area contributed by atoms with E-state index in [0.29, 0.717) is 37.5 Å². The number of rotatable bonds is 2. The van der Waals surface area contributed by atoms with Crippen molar-refractivity contribution >= 4 is 5.69 Å². The van der Waals surface area contributed by atoms with Gasteiger partial charge < -0.3 is 19.3 Å². The third-order valence-electron chi connectivity index (χ3n) is 7.84. The first-order valence-corrected chi connectivity index (χ1v) is 10.2. The summed E-state index contributed by atoms with van der Waals surface area (Å²) in [5.74, 6) is -0.184. The Labute approximate surface area is 164 Å². The summed E-state index contributed by atoms with van der Waals surface area (Å²) in [7, 11) is 0. The third kappa shape index (κ3) is 1.69. The molecule has 6 heteroatoms. The predicted molar refractivity (Wildman–Crippen MR) is 101 cm³/mol. The van der Waals surface area contributed by atoms with Crippen molar-refractivity contribution in [3.63, 3.8) is 0 Å². The molecule has 5 aliphatic rings. The van der Waals surface area contributed by atoms with Crippen LogP contribution in [0, 0.1) is 6.57 Å². The normalized spacial score (nSPS) is 39.3. The second kappa shape index (κ2) is 5.37. The molecule has 3 fully saturated rings. The predicted octanol–water partition coefficient (Wildman–Crippen LogP) is 2.32. The lowest BCUT2D eigenvalue weighted by Crippen LogP contribution is -2.79. The molecule has 6 nitrogen and oxygen atoms in total. The molecule has 2 bridgehead atoms. The first kappa shape index (κ1) is 17.0. The first-order chi connectivity index (χ1) is 13.6. The fraction of sp³-hybridized carbons (Fsp3) is 0.591. The van der Waals surface area contributed by atoms with Crippen molar-refractivity contribution < 1.29 is 19.3 Å². The second-order valence-corrected chi connectivity index (χ2v) is 8.72. The quantitative estimate of drug-likeness (QED) is 0.630. The maximum absolute atomic E-state index is 12.3. The van der Waals surface area contributed by atoms with E-state index in [9.17, 15) is 5.11 Å². The Morgan fingerprint density at radius 1 is 1.29 bits per heavy atom. The maximum atomic E-state index is 12.3. The smallest absolute Gasteiger partial charge is 0.228 e. The largest absolute Gasteiger partial charge is 0.494 e. The van der Waals surface area contributed by atoms with E-state index in [1.807, 2.05) is 12.1 Å². The van der Waals surface area contributed by atoms with Gasteiger partial charge in [0, 0.05) is 19.0 Å². The van der Waals surface area contributed by atoms with Gasteiger partial charge in [0.15, 0.2) is 6.10 Å². The monoisotopic (exact) mass is 380 g/mol. The molecule has 2 spiro atoms. The number of nitrogens with zero attached hydrogens (tertiary/aromatic N) is 2. The van der Waals surface area contributed by atoms with Gasteiger partial charge in [-0.1, -0.05) is 18.2 Å². The Hall–Kier alpha value is -1.91. The minimum Gasteiger partial charge on any atom is -0.494 e. The Kier molecular flexibility index (Phi) is 3.26. The molecule has 1 N–H and O–H groups in total. The van der Waals surface area contributed by atoms with Gasteiger partial charge in [0.05, 0.1) is 30.8 Å². The van der Waals surface area contributed by atoms with Crippen molar-refractivity contribution in [3.8, 4) is 5.75 Å². The molecule has 1 saturated carbocycles. The summed E-state index contributed by atoms with van der Waals surface area (Å²) in [5, 5.41) is 12.3. The molecule has 0 radical (unpaired) electrons. The van der Waals surface area contributed by atoms with Crippen LogP contribution in [-0.2, 0) is 21.3 Å². The molecule has 4 atom stereocenters. The van der Waals surface area contributed by atoms with Gasteiger partial charge in [0.25, 0.3) is 0 Å². The first-order valence-electron chi connectivity index (χ1n) is 10.2. The van der Waals surface area contributed by atoms with Crippen molar-refractivity contribution in [3.05, 3.63) is 47.3 Å². The molecule has 1 aromatic rings. The highest BCUT2D eigenvalue weighted by atomic mass is 16.8. The summed E-state index contributed by atoms with van der Waals surface area (Å²) in [6.45, 7) is 14.2. The van der Waals surface area contributed by atoms with Crippen molar-refractivity contribution in [2.75, 3.05) is 26.3 Å². The molecule has 146 valence electrons. The van der Waals surface area contributed by atoms with E-state index in [0.717, 1.165) is 31.5 Å². The van der Waals surface area contributed by atoms with Crippen molar-refractivity contribution in [1.29, 1.82) is 0 Å². The summed E-state index contributed by atoms with van der Waals surface area (Å²) in [6, 6.07) is 3.92. The highest BCUT2D eigenvalue weighted by Gasteiger charge is 2.77. The van der Waals surface area contributed by atoms with E-state index < -0.39 is 22.9 Å². The summed E-state index contributed by atoms with van der Waals surface area (Å²) in [5.41, 5.74) is 1.22. The zero-order valence-electron chi connectivity index (χ0n) is 15.8. The fourth-order valence-electron chi connectivity index (χ4n) is 6.83. The minimum atomic E-state index is -0.932. The van der Waals surface area contributed by atoms with Gasteiger partial charge in [-0.15, -0.1) is 6.58 Å². The fourth-order valence-corrected chi connectivity index (χ4v) is 6.83. The molecule has 2 saturated heterocycles. The number of likely N-dealkylation sites (tertiary alicyclic amines) is 1. The molecule has 6 rings (SSSR count). The van der Waals surface area contributed by atoms with E-state index in [1.165, 1.54) is 5.56 Å². The minimum absolute atomic E-state index is 0.00124. The molecular weight excluding hydrogens is 356 g/mol. The van der Waals surface area contributed by atoms with Crippen LogP contribution in [0.5, 0.6) is 5.75 Å². The molecule has 3 aliphatic heterocycles. The van der Waals surface area contributed by atoms with Crippen molar-refractivity contribution in [2.45, 2.75) is 54.6 Å². The number of hydrogen-bond donors (Lipinski definition) is 1. The average molecular weight is 380 g/mol. The zero-order valence-corrected chi connectivity index (χ0v) is 15.8. The topological polar surface area (TPSA) is 55.5 Å². The Bertz CT molecular complexity index is 918. The van der Waals surface area contributed by atoms with E-state index in [-0.39, 0.29) is 6.04 Å². The third-order valence-corrected chi connectivity index (χ3v) is 7.84. The van der Waals surface area contributed by atoms with Gasteiger partial charge in [0.1, 0.15) is 5.75 Å². The van der Waals surface area contributed by atoms with Crippen LogP contribution in [-0.4, -0.2) is 59.8 Å². The number of ether oxygens (including phenoxy) is 3. The number of piperidine rings is 1. The number of fused-ring (bicyclic) bond motifs is 1. The van der Waals surface area contributed by atoms with Crippen LogP contribution in [0.4, 0.5) is 5.69 Å². The van der Waals surface area contributed by atoms with Crippen LogP contribution >= 0.6 is 0 Å². The van der Waals surface area contributed by atoms with Gasteiger partial charge in [-0.3, -0.25) is 4.90 Å². The summed E-state index contributed by atoms with van der Waals surface area (Å²) >= 11 is 0. The van der Waals surface area contributed by atoms with E-state index >= 15 is 0 Å². The van der Waals surface area contributed by atoms with Crippen LogP contribution in [0.3, 0.4) is 0 Å². The molecule has 2 unspecified atom stereocenters. The van der Waals surface area contributed by atoms with E-state index in [1.54, 1.807) is 0 Å². The van der Waals surface area contributed by atoms with Crippen LogP contribution in [0.15, 0.2) is 24.8 Å². The lowest BCUT2D eigenvalue weighted by atomic mass is 9.48. The SMILES string of the molecule is [C-]#[N+]c1ccc2c3c1OC1C4(CCC5(O)[C@@H](C2)N(CC=C)CC[C@]315)OCCO4. The van der Waals surface area contributed by atoms with Gasteiger partial charge in [-0.2, -0.15) is 0 Å². The van der Waals surface area contributed by atoms with E-state index in [2.05, 4.69) is 22.4 Å². The van der Waals surface area contributed by atoms with Crippen LogP contribution in [0.25, 0.3) is 4.85 Å². The number of hydrogen-bond acceptors (Lipinski definition) is 5. The molecule has 2 aliphatic carbocycles. The molecule has 28 heavy (non-hydrogen) atoms. The summed E-state index contributed by atoms with van der Waals surface area (Å²) in [6.07, 6.45) is 4.22. The zero-order chi connectivity index (χ0) is 19.1. The molecule has 3 heterocycles. The van der Waals surface area contributed by atoms with Crippen LogP contribution in [0.2, 0.25) is 0 Å². The van der Waals surface area contributed by atoms with Crippen molar-refractivity contribution in [1.82, 2.24) is 4.90 Å². The molecule has 0 aromatic heterocycles. The number of aliphatic hydroxyl groups is 1. The van der Waals surface area contributed by atoms with Gasteiger partial charge in [-0.05, 0) is 36.9 Å². The molecule has 0 amide bonds. The standard InChI is InChI=1S/C22H24N2O4/c1-3-9-24-10-8-20-17-14-4-5-15(23-2)18(17)28-19(20)22(26-11-12-27-22)7-6-21(20,25)16(24)13-14/h3-5,16,19,25H,1,6-13H2/t16-,19?,20+,21?/m1/s1. The Morgan fingerprint density at radius 2 is 2.11 bits per heavy atom. The van der Waals surface area contributed by atoms with Gasteiger partial charge >= 0.3 is 0 Å². The van der Waals surface area contributed by atoms with Crippen molar-refractivity contribution in [2.24, 2.45) is 0 Å². The maximum Gasteiger partial charge on any atom is 0.228 e. The average Bonchev–Trinajstić information content (AvgIpc) is 3.30. The lowest BCUT2D eigenvalue weighted by Gasteiger charge is -2.65. The lowest BCUT2D eigenvalue weighted by molar-refractivity contribution is -0.296. The number of benzene rings is 1. The van der Waals surface area contributed by atoms with Gasteiger partial charge in [0.2, 0.25) is 11.5 Å². The van der Waals surface area contributed by atoms with Crippen LogP contribution in [0.1, 0.15) is 30.4 Å². The Morgan fingerprint density at radius 3 is 2.86 bits per heavy atom. The van der Waals surface area contributed by atoms with Crippen LogP contribution < -0.4 is 4.74 Å². The summed E-state index contributed by atoms with van der Waals surface area (Å²) < 4.78 is 18.8. The highest BCUT2D eigenvalue weighted by molar-refractivity contribution is 5.70. The van der Waals surface area contributed by atoms with E-state index in [4.69, 9.17) is 20.8 Å². The molecule has 1 aromatic carbocycles. The summed E-state index contributed by atoms with van der Waals surface area (Å²) in [4.78, 5) is 6.07. The second-order valence-electron chi connectivity index (χ2n) is 8.72. The van der Waals surface area contributed by atoms with Gasteiger partial charge in [-0.25, -0.2) is 4.85 Å².